The lowest BCUT2D eigenvalue weighted by Gasteiger charge is -2.13. The highest BCUT2D eigenvalue weighted by atomic mass is 16.6. The SMILES string of the molecule is O=C(O)c1ccc(Oc2ccc(C(=O)c3ccc4c(c3)C(=O)N(c3cccc([N+](=O)[O-])c3)C4=O)cc2)cc1. The van der Waals surface area contributed by atoms with E-state index >= 15 is 0 Å². The molecule has 10 heteroatoms. The lowest BCUT2D eigenvalue weighted by Crippen LogP contribution is -2.29. The van der Waals surface area contributed by atoms with Crippen LogP contribution >= 0.6 is 0 Å². The quantitative estimate of drug-likeness (QED) is 0.157. The number of imide groups is 1. The van der Waals surface area contributed by atoms with Crippen LogP contribution in [-0.2, 0) is 0 Å². The highest BCUT2D eigenvalue weighted by molar-refractivity contribution is 6.35. The fourth-order valence-electron chi connectivity index (χ4n) is 4.00. The van der Waals surface area contributed by atoms with Gasteiger partial charge in [0.25, 0.3) is 17.5 Å². The molecule has 0 radical (unpaired) electrons. The molecule has 4 aromatic carbocycles. The summed E-state index contributed by atoms with van der Waals surface area (Å²) in [5.74, 6) is -1.91. The van der Waals surface area contributed by atoms with Crippen molar-refractivity contribution in [3.63, 3.8) is 0 Å². The van der Waals surface area contributed by atoms with Crippen LogP contribution in [0.25, 0.3) is 0 Å². The van der Waals surface area contributed by atoms with Crippen LogP contribution < -0.4 is 9.64 Å². The van der Waals surface area contributed by atoms with E-state index in [4.69, 9.17) is 9.84 Å². The Hall–Kier alpha value is -5.64. The number of hydrogen-bond acceptors (Lipinski definition) is 7. The zero-order chi connectivity index (χ0) is 27.0. The molecule has 1 N–H and O–H groups in total. The van der Waals surface area contributed by atoms with E-state index in [0.29, 0.717) is 17.1 Å². The number of anilines is 1. The molecule has 1 aliphatic heterocycles. The third-order valence-electron chi connectivity index (χ3n) is 5.90. The number of ether oxygens (including phenoxy) is 1. The molecule has 2 amide bonds. The molecule has 0 saturated heterocycles. The fraction of sp³-hybridized carbons (Fsp3) is 0. The molecule has 0 aliphatic carbocycles. The Balaban J connectivity index is 1.35. The van der Waals surface area contributed by atoms with E-state index < -0.39 is 22.7 Å². The van der Waals surface area contributed by atoms with Crippen molar-refractivity contribution < 1.29 is 33.9 Å². The van der Waals surface area contributed by atoms with Crippen molar-refractivity contribution in [3.05, 3.63) is 129 Å². The molecule has 0 fully saturated rings. The number of nitrogens with zero attached hydrogens (tertiary/aromatic N) is 2. The van der Waals surface area contributed by atoms with E-state index in [-0.39, 0.29) is 39.4 Å². The fourth-order valence-corrected chi connectivity index (χ4v) is 4.00. The van der Waals surface area contributed by atoms with Crippen LogP contribution in [-0.4, -0.2) is 33.6 Å². The summed E-state index contributed by atoms with van der Waals surface area (Å²) in [5.41, 5.74) is 0.537. The third kappa shape index (κ3) is 4.37. The molecular weight excluding hydrogens is 492 g/mol. The Kier molecular flexibility index (Phi) is 5.97. The second-order valence-electron chi connectivity index (χ2n) is 8.27. The molecule has 0 atom stereocenters. The van der Waals surface area contributed by atoms with Crippen LogP contribution in [0.4, 0.5) is 11.4 Å². The normalized spacial score (nSPS) is 12.3. The molecule has 186 valence electrons. The van der Waals surface area contributed by atoms with Gasteiger partial charge < -0.3 is 9.84 Å². The summed E-state index contributed by atoms with van der Waals surface area (Å²) in [6.45, 7) is 0. The topological polar surface area (TPSA) is 144 Å². The summed E-state index contributed by atoms with van der Waals surface area (Å²) < 4.78 is 5.68. The highest BCUT2D eigenvalue weighted by Crippen LogP contribution is 2.31. The number of hydrogen-bond donors (Lipinski definition) is 1. The summed E-state index contributed by atoms with van der Waals surface area (Å²) in [6.07, 6.45) is 0. The average Bonchev–Trinajstić information content (AvgIpc) is 3.18. The molecule has 10 nitrogen and oxygen atoms in total. The summed E-state index contributed by atoms with van der Waals surface area (Å²) in [7, 11) is 0. The van der Waals surface area contributed by atoms with Crippen molar-refractivity contribution in [2.24, 2.45) is 0 Å². The van der Waals surface area contributed by atoms with Gasteiger partial charge in [-0.25, -0.2) is 9.69 Å². The maximum atomic E-state index is 13.1. The van der Waals surface area contributed by atoms with Gasteiger partial charge in [0.2, 0.25) is 0 Å². The maximum absolute atomic E-state index is 13.1. The van der Waals surface area contributed by atoms with E-state index in [2.05, 4.69) is 0 Å². The van der Waals surface area contributed by atoms with Gasteiger partial charge in [-0.1, -0.05) is 12.1 Å². The van der Waals surface area contributed by atoms with Gasteiger partial charge in [0.15, 0.2) is 5.78 Å². The predicted octanol–water partition coefficient (Wildman–Crippen LogP) is 5.12. The van der Waals surface area contributed by atoms with Crippen LogP contribution in [0.5, 0.6) is 11.5 Å². The molecule has 4 aromatic rings. The number of non-ortho nitro benzene ring substituents is 1. The Labute approximate surface area is 214 Å². The lowest BCUT2D eigenvalue weighted by atomic mass is 9.99. The van der Waals surface area contributed by atoms with Gasteiger partial charge in [-0.15, -0.1) is 0 Å². The van der Waals surface area contributed by atoms with Crippen molar-refractivity contribution in [3.8, 4) is 11.5 Å². The van der Waals surface area contributed by atoms with E-state index in [1.54, 1.807) is 24.3 Å². The summed E-state index contributed by atoms with van der Waals surface area (Å²) in [5, 5.41) is 20.1. The maximum Gasteiger partial charge on any atom is 0.335 e. The number of carbonyl (C=O) groups excluding carboxylic acids is 3. The van der Waals surface area contributed by atoms with Gasteiger partial charge in [0.1, 0.15) is 11.5 Å². The smallest absolute Gasteiger partial charge is 0.335 e. The minimum Gasteiger partial charge on any atom is -0.478 e. The van der Waals surface area contributed by atoms with E-state index in [0.717, 1.165) is 11.0 Å². The molecule has 38 heavy (non-hydrogen) atoms. The number of aromatic carboxylic acids is 1. The predicted molar refractivity (Wildman–Crippen MR) is 134 cm³/mol. The number of benzene rings is 4. The Morgan fingerprint density at radius 1 is 0.737 bits per heavy atom. The average molecular weight is 508 g/mol. The van der Waals surface area contributed by atoms with E-state index in [1.165, 1.54) is 60.7 Å². The Morgan fingerprint density at radius 3 is 1.92 bits per heavy atom. The first-order valence-electron chi connectivity index (χ1n) is 11.2. The van der Waals surface area contributed by atoms with Crippen LogP contribution in [0.2, 0.25) is 0 Å². The van der Waals surface area contributed by atoms with E-state index in [1.807, 2.05) is 0 Å². The standard InChI is InChI=1S/C28H16N2O8/c31-25(16-4-9-21(10-5-16)38-22-11-6-17(7-12-22)28(34)35)18-8-13-23-24(14-18)27(33)29(26(23)32)19-2-1-3-20(15-19)30(36)37/h1-15H,(H,34,35). The minimum absolute atomic E-state index is 0.0251. The molecule has 0 bridgehead atoms. The van der Waals surface area contributed by atoms with Crippen molar-refractivity contribution in [2.45, 2.75) is 0 Å². The van der Waals surface area contributed by atoms with E-state index in [9.17, 15) is 29.3 Å². The number of carbonyl (C=O) groups is 4. The molecule has 0 aromatic heterocycles. The van der Waals surface area contributed by atoms with Crippen LogP contribution in [0.15, 0.2) is 91.0 Å². The van der Waals surface area contributed by atoms with Crippen LogP contribution in [0.3, 0.4) is 0 Å². The van der Waals surface area contributed by atoms with Crippen LogP contribution in [0, 0.1) is 10.1 Å². The summed E-state index contributed by atoms with van der Waals surface area (Å²) in [4.78, 5) is 61.3. The number of amides is 2. The number of fused-ring (bicyclic) bond motifs is 1. The molecule has 1 heterocycles. The number of carboxylic acid groups (broad SMARTS) is 1. The first kappa shape index (κ1) is 24.1. The summed E-state index contributed by atoms with van der Waals surface area (Å²) in [6, 6.07) is 21.4. The van der Waals surface area contributed by atoms with Crippen molar-refractivity contribution in [1.29, 1.82) is 0 Å². The molecule has 1 aliphatic rings. The summed E-state index contributed by atoms with van der Waals surface area (Å²) >= 11 is 0. The monoisotopic (exact) mass is 508 g/mol. The van der Waals surface area contributed by atoms with Gasteiger partial charge in [0, 0.05) is 23.3 Å². The number of nitro groups is 1. The Morgan fingerprint density at radius 2 is 1.32 bits per heavy atom. The number of ketones is 1. The third-order valence-corrected chi connectivity index (χ3v) is 5.90. The zero-order valence-corrected chi connectivity index (χ0v) is 19.4. The van der Waals surface area contributed by atoms with Crippen molar-refractivity contribution >= 4 is 34.9 Å². The van der Waals surface area contributed by atoms with Gasteiger partial charge in [-0.2, -0.15) is 0 Å². The zero-order valence-electron chi connectivity index (χ0n) is 19.4. The number of nitro benzene ring substituents is 1. The lowest BCUT2D eigenvalue weighted by molar-refractivity contribution is -0.384. The number of carboxylic acids is 1. The molecule has 5 rings (SSSR count). The Bertz CT molecular complexity index is 1640. The van der Waals surface area contributed by atoms with Gasteiger partial charge in [-0.3, -0.25) is 24.5 Å². The molecule has 0 saturated carbocycles. The van der Waals surface area contributed by atoms with Gasteiger partial charge in [-0.05, 0) is 66.7 Å². The molecular formula is C28H16N2O8. The van der Waals surface area contributed by atoms with Crippen molar-refractivity contribution in [2.75, 3.05) is 4.90 Å². The first-order valence-corrected chi connectivity index (χ1v) is 11.2. The second-order valence-corrected chi connectivity index (χ2v) is 8.27. The molecule has 0 unspecified atom stereocenters. The largest absolute Gasteiger partial charge is 0.478 e. The van der Waals surface area contributed by atoms with Gasteiger partial charge in [0.05, 0.1) is 27.3 Å². The second kappa shape index (κ2) is 9.43. The highest BCUT2D eigenvalue weighted by Gasteiger charge is 2.37. The van der Waals surface area contributed by atoms with Crippen molar-refractivity contribution in [1.82, 2.24) is 0 Å². The van der Waals surface area contributed by atoms with Crippen LogP contribution in [0.1, 0.15) is 47.0 Å². The minimum atomic E-state index is -1.05. The molecule has 0 spiro atoms. The number of rotatable bonds is 7. The first-order chi connectivity index (χ1) is 18.2. The van der Waals surface area contributed by atoms with Gasteiger partial charge >= 0.3 is 5.97 Å².